The first-order valence-electron chi connectivity index (χ1n) is 7.18. The topological polar surface area (TPSA) is 17.1 Å². The third kappa shape index (κ3) is 4.27. The van der Waals surface area contributed by atoms with Crippen molar-refractivity contribution >= 4 is 5.78 Å². The summed E-state index contributed by atoms with van der Waals surface area (Å²) in [5.41, 5.74) is 0. The zero-order chi connectivity index (χ0) is 12.0. The van der Waals surface area contributed by atoms with Crippen molar-refractivity contribution in [1.29, 1.82) is 0 Å². The number of hydrogen-bond donors (Lipinski definition) is 0. The molecule has 0 saturated heterocycles. The first kappa shape index (κ1) is 13.7. The molecule has 0 aromatic carbocycles. The van der Waals surface area contributed by atoms with Gasteiger partial charge in [-0.15, -0.1) is 0 Å². The van der Waals surface area contributed by atoms with Gasteiger partial charge < -0.3 is 0 Å². The summed E-state index contributed by atoms with van der Waals surface area (Å²) in [6.45, 7) is 6.68. The van der Waals surface area contributed by atoms with Gasteiger partial charge in [-0.25, -0.2) is 0 Å². The summed E-state index contributed by atoms with van der Waals surface area (Å²) >= 11 is 0. The van der Waals surface area contributed by atoms with Crippen LogP contribution in [-0.2, 0) is 4.79 Å². The number of carbonyl (C=O) groups excluding carboxylic acids is 1. The number of Topliss-reactive ketones (excluding diaryl/α,β-unsaturated/α-hetero) is 1. The van der Waals surface area contributed by atoms with Crippen LogP contribution in [0.25, 0.3) is 0 Å². The second kappa shape index (κ2) is 7.09. The van der Waals surface area contributed by atoms with Crippen LogP contribution in [-0.4, -0.2) is 5.78 Å². The third-order valence-electron chi connectivity index (χ3n) is 3.83. The van der Waals surface area contributed by atoms with E-state index >= 15 is 0 Å². The Morgan fingerprint density at radius 2 is 1.81 bits per heavy atom. The van der Waals surface area contributed by atoms with Crippen molar-refractivity contribution in [3.63, 3.8) is 0 Å². The van der Waals surface area contributed by atoms with Gasteiger partial charge in [0, 0.05) is 11.8 Å². The van der Waals surface area contributed by atoms with E-state index in [1.807, 2.05) is 0 Å². The van der Waals surface area contributed by atoms with Crippen LogP contribution in [0.3, 0.4) is 0 Å². The highest BCUT2D eigenvalue weighted by Crippen LogP contribution is 2.34. The lowest BCUT2D eigenvalue weighted by molar-refractivity contribution is -0.124. The molecule has 0 bridgehead atoms. The Labute approximate surface area is 101 Å². The van der Waals surface area contributed by atoms with Crippen molar-refractivity contribution < 1.29 is 4.79 Å². The number of rotatable bonds is 7. The minimum Gasteiger partial charge on any atom is -0.299 e. The molecule has 1 aliphatic carbocycles. The minimum atomic E-state index is 0.399. The second-order valence-corrected chi connectivity index (χ2v) is 5.85. The molecule has 0 amide bonds. The Balaban J connectivity index is 2.22. The van der Waals surface area contributed by atoms with Crippen molar-refractivity contribution in [1.82, 2.24) is 0 Å². The molecule has 1 heteroatoms. The summed E-state index contributed by atoms with van der Waals surface area (Å²) in [7, 11) is 0. The Kier molecular flexibility index (Phi) is 6.08. The van der Waals surface area contributed by atoms with Gasteiger partial charge in [0.15, 0.2) is 0 Å². The van der Waals surface area contributed by atoms with E-state index in [9.17, 15) is 4.79 Å². The highest BCUT2D eigenvalue weighted by atomic mass is 16.1. The quantitative estimate of drug-likeness (QED) is 0.578. The molecule has 0 spiro atoms. The molecule has 2 unspecified atom stereocenters. The fourth-order valence-electron chi connectivity index (χ4n) is 2.93. The van der Waals surface area contributed by atoms with E-state index in [-0.39, 0.29) is 0 Å². The number of carbonyl (C=O) groups is 1. The maximum atomic E-state index is 12.1. The van der Waals surface area contributed by atoms with Gasteiger partial charge in [-0.3, -0.25) is 4.79 Å². The molecule has 0 aliphatic heterocycles. The molecule has 0 aromatic rings. The van der Waals surface area contributed by atoms with Crippen LogP contribution in [0.2, 0.25) is 0 Å². The Bertz CT molecular complexity index is 207. The van der Waals surface area contributed by atoms with Crippen molar-refractivity contribution in [3.05, 3.63) is 0 Å². The van der Waals surface area contributed by atoms with E-state index in [0.29, 0.717) is 23.5 Å². The number of unbranched alkanes of at least 4 members (excludes halogenated alkanes) is 3. The van der Waals surface area contributed by atoms with E-state index in [0.717, 1.165) is 19.3 Å². The molecule has 1 aliphatic rings. The molecule has 16 heavy (non-hydrogen) atoms. The second-order valence-electron chi connectivity index (χ2n) is 5.85. The van der Waals surface area contributed by atoms with Gasteiger partial charge in [0.1, 0.15) is 5.78 Å². The largest absolute Gasteiger partial charge is 0.299 e. The lowest BCUT2D eigenvalue weighted by Crippen LogP contribution is -2.15. The van der Waals surface area contributed by atoms with Crippen molar-refractivity contribution in [2.24, 2.45) is 17.8 Å². The van der Waals surface area contributed by atoms with Gasteiger partial charge >= 0.3 is 0 Å². The predicted octanol–water partition coefficient (Wildman–Crippen LogP) is 4.60. The molecule has 1 rings (SSSR count). The summed E-state index contributed by atoms with van der Waals surface area (Å²) in [6, 6.07) is 0. The molecule has 1 fully saturated rings. The first-order chi connectivity index (χ1) is 7.65. The van der Waals surface area contributed by atoms with E-state index in [1.165, 1.54) is 32.1 Å². The Hall–Kier alpha value is -0.330. The van der Waals surface area contributed by atoms with Crippen molar-refractivity contribution in [2.75, 3.05) is 0 Å². The van der Waals surface area contributed by atoms with Crippen LogP contribution in [0.1, 0.15) is 72.1 Å². The molecule has 1 saturated carbocycles. The van der Waals surface area contributed by atoms with Gasteiger partial charge in [0.25, 0.3) is 0 Å². The summed E-state index contributed by atoms with van der Waals surface area (Å²) in [6.07, 6.45) is 9.80. The van der Waals surface area contributed by atoms with Crippen LogP contribution < -0.4 is 0 Å². The lowest BCUT2D eigenvalue weighted by atomic mass is 9.92. The zero-order valence-corrected chi connectivity index (χ0v) is 11.3. The van der Waals surface area contributed by atoms with E-state index in [4.69, 9.17) is 0 Å². The summed E-state index contributed by atoms with van der Waals surface area (Å²) in [4.78, 5) is 12.1. The van der Waals surface area contributed by atoms with Crippen LogP contribution in [0.15, 0.2) is 0 Å². The normalized spacial score (nSPS) is 25.6. The van der Waals surface area contributed by atoms with Crippen molar-refractivity contribution in [3.8, 4) is 0 Å². The molecule has 0 aromatic heterocycles. The zero-order valence-electron chi connectivity index (χ0n) is 11.3. The van der Waals surface area contributed by atoms with Gasteiger partial charge in [0.2, 0.25) is 0 Å². The van der Waals surface area contributed by atoms with Gasteiger partial charge in [0.05, 0.1) is 0 Å². The average molecular weight is 224 g/mol. The lowest BCUT2D eigenvalue weighted by Gasteiger charge is -2.12. The van der Waals surface area contributed by atoms with E-state index < -0.39 is 0 Å². The monoisotopic (exact) mass is 224 g/mol. The summed E-state index contributed by atoms with van der Waals surface area (Å²) in [5, 5.41) is 0. The van der Waals surface area contributed by atoms with Gasteiger partial charge in [-0.1, -0.05) is 46.5 Å². The predicted molar refractivity (Wildman–Crippen MR) is 69.4 cm³/mol. The summed E-state index contributed by atoms with van der Waals surface area (Å²) in [5.74, 6) is 2.08. The van der Waals surface area contributed by atoms with Crippen LogP contribution >= 0.6 is 0 Å². The molecule has 0 radical (unpaired) electrons. The third-order valence-corrected chi connectivity index (χ3v) is 3.83. The average Bonchev–Trinajstić information content (AvgIpc) is 2.56. The molecule has 1 nitrogen and oxygen atoms in total. The Morgan fingerprint density at radius 3 is 2.44 bits per heavy atom. The van der Waals surface area contributed by atoms with E-state index in [1.54, 1.807) is 0 Å². The van der Waals surface area contributed by atoms with Crippen molar-refractivity contribution in [2.45, 2.75) is 72.1 Å². The Morgan fingerprint density at radius 1 is 1.12 bits per heavy atom. The molecule has 94 valence electrons. The molecular weight excluding hydrogens is 196 g/mol. The van der Waals surface area contributed by atoms with Gasteiger partial charge in [-0.2, -0.15) is 0 Å². The van der Waals surface area contributed by atoms with Crippen LogP contribution in [0, 0.1) is 17.8 Å². The van der Waals surface area contributed by atoms with Gasteiger partial charge in [-0.05, 0) is 31.6 Å². The molecule has 2 atom stereocenters. The fraction of sp³-hybridized carbons (Fsp3) is 0.933. The molecule has 0 heterocycles. The maximum Gasteiger partial charge on any atom is 0.139 e. The summed E-state index contributed by atoms with van der Waals surface area (Å²) < 4.78 is 0. The molecular formula is C15H28O. The maximum absolute atomic E-state index is 12.1. The van der Waals surface area contributed by atoms with E-state index in [2.05, 4.69) is 20.8 Å². The van der Waals surface area contributed by atoms with Crippen LogP contribution in [0.4, 0.5) is 0 Å². The number of ketones is 1. The first-order valence-corrected chi connectivity index (χ1v) is 7.18. The highest BCUT2D eigenvalue weighted by Gasteiger charge is 2.33. The molecule has 0 N–H and O–H groups in total. The number of hydrogen-bond acceptors (Lipinski definition) is 1. The standard InChI is InChI=1S/C15H28O/c1-4-5-6-7-8-13-9-10-14(15(13)16)11-12(2)3/h12-14H,4-11H2,1-3H3. The minimum absolute atomic E-state index is 0.399. The van der Waals surface area contributed by atoms with Crippen LogP contribution in [0.5, 0.6) is 0 Å². The SMILES string of the molecule is CCCCCCC1CCC(CC(C)C)C1=O. The smallest absolute Gasteiger partial charge is 0.139 e. The fourth-order valence-corrected chi connectivity index (χ4v) is 2.93. The highest BCUT2D eigenvalue weighted by molar-refractivity contribution is 5.85.